The fourth-order valence-electron chi connectivity index (χ4n) is 5.56. The zero-order valence-corrected chi connectivity index (χ0v) is 25.0. The normalized spacial score (nSPS) is 17.4. The molecule has 0 N–H and O–H groups in total. The third kappa shape index (κ3) is 17.2. The number of hydrogen-bond acceptors (Lipinski definition) is 3. The molecule has 1 rings (SSSR count). The molecular formula is C31H61ClN2O2. The van der Waals surface area contributed by atoms with E-state index in [2.05, 4.69) is 18.9 Å². The van der Waals surface area contributed by atoms with Gasteiger partial charge in [0.25, 0.3) is 0 Å². The quantitative estimate of drug-likeness (QED) is 0.0636. The molecule has 214 valence electrons. The second kappa shape index (κ2) is 25.0. The predicted molar refractivity (Wildman–Crippen MR) is 157 cm³/mol. The SMILES string of the molecule is CCCCCCCCCCCCCCCCCC(C)N(C=O)N1CCCCC1CCOCCCCCl. The Balaban J connectivity index is 2.08. The van der Waals surface area contributed by atoms with Crippen LogP contribution in [-0.2, 0) is 9.53 Å². The van der Waals surface area contributed by atoms with Crippen LogP contribution in [0.1, 0.15) is 155 Å². The molecule has 0 aromatic carbocycles. The van der Waals surface area contributed by atoms with Crippen LogP contribution in [0.3, 0.4) is 0 Å². The van der Waals surface area contributed by atoms with Gasteiger partial charge in [0.2, 0.25) is 6.41 Å². The highest BCUT2D eigenvalue weighted by molar-refractivity contribution is 6.17. The number of amides is 1. The molecule has 1 fully saturated rings. The molecule has 5 heteroatoms. The van der Waals surface area contributed by atoms with E-state index in [4.69, 9.17) is 16.3 Å². The molecule has 1 aliphatic rings. The van der Waals surface area contributed by atoms with Crippen LogP contribution in [-0.4, -0.2) is 54.2 Å². The van der Waals surface area contributed by atoms with Gasteiger partial charge in [-0.1, -0.05) is 110 Å². The number of halogens is 1. The number of alkyl halides is 1. The van der Waals surface area contributed by atoms with E-state index in [1.165, 1.54) is 116 Å². The summed E-state index contributed by atoms with van der Waals surface area (Å²) in [6.07, 6.45) is 29.8. The van der Waals surface area contributed by atoms with Gasteiger partial charge in [-0.2, -0.15) is 0 Å². The molecule has 0 aromatic rings. The van der Waals surface area contributed by atoms with Crippen molar-refractivity contribution in [1.82, 2.24) is 10.0 Å². The van der Waals surface area contributed by atoms with Crippen LogP contribution in [0.4, 0.5) is 0 Å². The molecule has 1 heterocycles. The van der Waals surface area contributed by atoms with Gasteiger partial charge in [0.05, 0.1) is 0 Å². The molecule has 0 aromatic heterocycles. The smallest absolute Gasteiger partial charge is 0.224 e. The number of hydrogen-bond donors (Lipinski definition) is 0. The number of ether oxygens (including phenoxy) is 1. The van der Waals surface area contributed by atoms with Crippen molar-refractivity contribution in [3.63, 3.8) is 0 Å². The van der Waals surface area contributed by atoms with Crippen molar-refractivity contribution < 1.29 is 9.53 Å². The first-order chi connectivity index (χ1) is 17.7. The lowest BCUT2D eigenvalue weighted by Gasteiger charge is -2.44. The summed E-state index contributed by atoms with van der Waals surface area (Å²) >= 11 is 5.74. The van der Waals surface area contributed by atoms with Crippen LogP contribution in [0.25, 0.3) is 0 Å². The topological polar surface area (TPSA) is 32.8 Å². The standard InChI is InChI=1S/C31H61ClN2O2/c1-3-4-5-6-7-8-9-10-11-12-13-14-15-16-17-22-30(2)34(29-35)33-26-20-18-23-31(33)24-28-36-27-21-19-25-32/h29-31H,3-28H2,1-2H3. The van der Waals surface area contributed by atoms with Gasteiger partial charge < -0.3 is 4.74 Å². The maximum absolute atomic E-state index is 12.0. The van der Waals surface area contributed by atoms with E-state index in [1.807, 2.05) is 5.01 Å². The molecule has 4 nitrogen and oxygen atoms in total. The second-order valence-electron chi connectivity index (χ2n) is 11.2. The number of nitrogens with zero attached hydrogens (tertiary/aromatic N) is 2. The first-order valence-corrected chi connectivity index (χ1v) is 16.4. The van der Waals surface area contributed by atoms with Crippen molar-refractivity contribution in [2.75, 3.05) is 25.6 Å². The van der Waals surface area contributed by atoms with E-state index < -0.39 is 0 Å². The number of carbonyl (C=O) groups is 1. The van der Waals surface area contributed by atoms with E-state index in [-0.39, 0.29) is 6.04 Å². The molecule has 1 saturated heterocycles. The van der Waals surface area contributed by atoms with Crippen LogP contribution >= 0.6 is 11.6 Å². The van der Waals surface area contributed by atoms with Crippen LogP contribution < -0.4 is 0 Å². The lowest BCUT2D eigenvalue weighted by molar-refractivity contribution is -0.151. The van der Waals surface area contributed by atoms with Gasteiger partial charge >= 0.3 is 0 Å². The number of rotatable bonds is 26. The largest absolute Gasteiger partial charge is 0.381 e. The minimum absolute atomic E-state index is 0.287. The van der Waals surface area contributed by atoms with E-state index in [0.717, 1.165) is 51.9 Å². The Hall–Kier alpha value is -0.320. The molecule has 0 radical (unpaired) electrons. The minimum atomic E-state index is 0.287. The summed E-state index contributed by atoms with van der Waals surface area (Å²) in [4.78, 5) is 12.0. The molecule has 36 heavy (non-hydrogen) atoms. The van der Waals surface area contributed by atoms with E-state index in [9.17, 15) is 4.79 Å². The Morgan fingerprint density at radius 3 is 1.97 bits per heavy atom. The molecule has 0 aliphatic carbocycles. The summed E-state index contributed by atoms with van der Waals surface area (Å²) in [7, 11) is 0. The Bertz CT molecular complexity index is 479. The summed E-state index contributed by atoms with van der Waals surface area (Å²) in [5.41, 5.74) is 0. The number of unbranched alkanes of at least 4 members (excludes halogenated alkanes) is 15. The van der Waals surface area contributed by atoms with E-state index >= 15 is 0 Å². The Morgan fingerprint density at radius 1 is 0.833 bits per heavy atom. The zero-order valence-electron chi connectivity index (χ0n) is 24.2. The number of carbonyl (C=O) groups excluding carboxylic acids is 1. The van der Waals surface area contributed by atoms with Crippen LogP contribution in [0.2, 0.25) is 0 Å². The van der Waals surface area contributed by atoms with Crippen molar-refractivity contribution >= 4 is 18.0 Å². The fraction of sp³-hybridized carbons (Fsp3) is 0.968. The van der Waals surface area contributed by atoms with Gasteiger partial charge in [-0.05, 0) is 45.4 Å². The Kier molecular flexibility index (Phi) is 23.4. The first kappa shape index (κ1) is 33.7. The van der Waals surface area contributed by atoms with Gasteiger partial charge in [0.15, 0.2) is 0 Å². The third-order valence-electron chi connectivity index (χ3n) is 7.95. The van der Waals surface area contributed by atoms with Crippen LogP contribution in [0.5, 0.6) is 0 Å². The summed E-state index contributed by atoms with van der Waals surface area (Å²) in [5, 5.41) is 4.37. The maximum atomic E-state index is 12.0. The van der Waals surface area contributed by atoms with E-state index in [1.54, 1.807) is 0 Å². The molecule has 0 saturated carbocycles. The van der Waals surface area contributed by atoms with Crippen LogP contribution in [0, 0.1) is 0 Å². The highest BCUT2D eigenvalue weighted by atomic mass is 35.5. The van der Waals surface area contributed by atoms with Crippen molar-refractivity contribution in [3.05, 3.63) is 0 Å². The van der Waals surface area contributed by atoms with Crippen molar-refractivity contribution in [2.24, 2.45) is 0 Å². The maximum Gasteiger partial charge on any atom is 0.224 e. The van der Waals surface area contributed by atoms with Gasteiger partial charge in [-0.3, -0.25) is 9.80 Å². The average molecular weight is 529 g/mol. The Labute approximate surface area is 230 Å². The van der Waals surface area contributed by atoms with Crippen molar-refractivity contribution in [2.45, 2.75) is 167 Å². The van der Waals surface area contributed by atoms with Crippen LogP contribution in [0.15, 0.2) is 0 Å². The third-order valence-corrected chi connectivity index (χ3v) is 8.21. The highest BCUT2D eigenvalue weighted by Gasteiger charge is 2.29. The summed E-state index contributed by atoms with van der Waals surface area (Å²) < 4.78 is 5.83. The summed E-state index contributed by atoms with van der Waals surface area (Å²) in [6.45, 7) is 7.10. The van der Waals surface area contributed by atoms with Gasteiger partial charge in [-0.25, -0.2) is 5.01 Å². The van der Waals surface area contributed by atoms with Gasteiger partial charge in [0.1, 0.15) is 0 Å². The molecule has 0 bridgehead atoms. The highest BCUT2D eigenvalue weighted by Crippen LogP contribution is 2.24. The van der Waals surface area contributed by atoms with Crippen molar-refractivity contribution in [3.8, 4) is 0 Å². The van der Waals surface area contributed by atoms with E-state index in [0.29, 0.717) is 11.9 Å². The predicted octanol–water partition coefficient (Wildman–Crippen LogP) is 9.29. The zero-order chi connectivity index (χ0) is 26.1. The number of hydrazine groups is 1. The monoisotopic (exact) mass is 528 g/mol. The second-order valence-corrected chi connectivity index (χ2v) is 11.6. The molecule has 2 atom stereocenters. The number of piperidine rings is 1. The Morgan fingerprint density at radius 2 is 1.42 bits per heavy atom. The molecular weight excluding hydrogens is 468 g/mol. The van der Waals surface area contributed by atoms with Gasteiger partial charge in [-0.15, -0.1) is 11.6 Å². The lowest BCUT2D eigenvalue weighted by atomic mass is 10.0. The molecule has 1 aliphatic heterocycles. The molecule has 2 unspecified atom stereocenters. The molecule has 0 spiro atoms. The van der Waals surface area contributed by atoms with Crippen molar-refractivity contribution in [1.29, 1.82) is 0 Å². The fourth-order valence-corrected chi connectivity index (χ4v) is 5.75. The summed E-state index contributed by atoms with van der Waals surface area (Å²) in [6, 6.07) is 0.718. The van der Waals surface area contributed by atoms with Gasteiger partial charge in [0, 0.05) is 37.7 Å². The summed E-state index contributed by atoms with van der Waals surface area (Å²) in [5.74, 6) is 0.714. The first-order valence-electron chi connectivity index (χ1n) is 15.9. The average Bonchev–Trinajstić information content (AvgIpc) is 2.89. The lowest BCUT2D eigenvalue weighted by Crippen LogP contribution is -2.54. The molecule has 1 amide bonds. The minimum Gasteiger partial charge on any atom is -0.381 e.